The fourth-order valence-corrected chi connectivity index (χ4v) is 2.93. The Labute approximate surface area is 157 Å². The van der Waals surface area contributed by atoms with Crippen molar-refractivity contribution in [2.45, 2.75) is 12.5 Å². The van der Waals surface area contributed by atoms with Crippen molar-refractivity contribution < 1.29 is 18.8 Å². The summed E-state index contributed by atoms with van der Waals surface area (Å²) >= 11 is 0. The fourth-order valence-electron chi connectivity index (χ4n) is 2.93. The first-order chi connectivity index (χ1) is 13.1. The largest absolute Gasteiger partial charge is 0.497 e. The van der Waals surface area contributed by atoms with E-state index < -0.39 is 5.82 Å². The van der Waals surface area contributed by atoms with Crippen LogP contribution < -0.4 is 4.74 Å². The molecule has 0 N–H and O–H groups in total. The van der Waals surface area contributed by atoms with Crippen molar-refractivity contribution in [2.24, 2.45) is 5.16 Å². The molecule has 0 saturated heterocycles. The van der Waals surface area contributed by atoms with Gasteiger partial charge in [0.1, 0.15) is 11.6 Å². The standard InChI is InChI=1S/C21H21FN2O3/c1-3-11-24(21(25)16-5-4-6-17(22)12-16)14-19-13-20(23-27-19)15-7-9-18(26-2)10-8-15/h3-10,12,19H,1,11,13-14H2,2H3. The highest BCUT2D eigenvalue weighted by atomic mass is 19.1. The number of amides is 1. The molecule has 3 rings (SSSR count). The molecule has 1 aliphatic heterocycles. The van der Waals surface area contributed by atoms with Crippen LogP contribution in [0.25, 0.3) is 0 Å². The average molecular weight is 368 g/mol. The van der Waals surface area contributed by atoms with Crippen molar-refractivity contribution in [1.29, 1.82) is 0 Å². The lowest BCUT2D eigenvalue weighted by Gasteiger charge is -2.23. The van der Waals surface area contributed by atoms with Gasteiger partial charge in [0.05, 0.1) is 19.4 Å². The summed E-state index contributed by atoms with van der Waals surface area (Å²) in [4.78, 5) is 19.8. The number of hydrogen-bond acceptors (Lipinski definition) is 4. The Hall–Kier alpha value is -3.15. The molecule has 1 heterocycles. The summed E-state index contributed by atoms with van der Waals surface area (Å²) in [5, 5.41) is 4.15. The summed E-state index contributed by atoms with van der Waals surface area (Å²) in [5.74, 6) is 0.0604. The number of nitrogens with zero attached hydrogens (tertiary/aromatic N) is 2. The number of methoxy groups -OCH3 is 1. The molecule has 2 aromatic carbocycles. The molecule has 2 aromatic rings. The zero-order chi connectivity index (χ0) is 19.2. The van der Waals surface area contributed by atoms with Gasteiger partial charge in [0.2, 0.25) is 0 Å². The van der Waals surface area contributed by atoms with Crippen molar-refractivity contribution in [1.82, 2.24) is 4.90 Å². The normalized spacial score (nSPS) is 15.6. The predicted molar refractivity (Wildman–Crippen MR) is 102 cm³/mol. The van der Waals surface area contributed by atoms with E-state index in [1.54, 1.807) is 24.2 Å². The van der Waals surface area contributed by atoms with E-state index in [0.717, 1.165) is 17.0 Å². The molecule has 6 heteroatoms. The summed E-state index contributed by atoms with van der Waals surface area (Å²) in [5.41, 5.74) is 2.07. The third-order valence-corrected chi connectivity index (χ3v) is 4.29. The lowest BCUT2D eigenvalue weighted by atomic mass is 10.0. The molecule has 140 valence electrons. The van der Waals surface area contributed by atoms with Crippen LogP contribution >= 0.6 is 0 Å². The fraction of sp³-hybridized carbons (Fsp3) is 0.238. The summed E-state index contributed by atoms with van der Waals surface area (Å²) in [6, 6.07) is 13.2. The Balaban J connectivity index is 1.65. The van der Waals surface area contributed by atoms with Crippen molar-refractivity contribution in [3.05, 3.63) is 78.1 Å². The molecule has 1 aliphatic rings. The topological polar surface area (TPSA) is 51.1 Å². The first-order valence-electron chi connectivity index (χ1n) is 8.63. The molecule has 27 heavy (non-hydrogen) atoms. The first kappa shape index (κ1) is 18.6. The Morgan fingerprint density at radius 2 is 2.15 bits per heavy atom. The van der Waals surface area contributed by atoms with E-state index in [9.17, 15) is 9.18 Å². The van der Waals surface area contributed by atoms with E-state index in [0.29, 0.717) is 25.1 Å². The smallest absolute Gasteiger partial charge is 0.254 e. The van der Waals surface area contributed by atoms with Gasteiger partial charge in [-0.2, -0.15) is 0 Å². The van der Waals surface area contributed by atoms with Gasteiger partial charge in [-0.15, -0.1) is 6.58 Å². The minimum absolute atomic E-state index is 0.264. The zero-order valence-corrected chi connectivity index (χ0v) is 15.1. The number of rotatable bonds is 7. The van der Waals surface area contributed by atoms with Gasteiger partial charge in [-0.1, -0.05) is 17.3 Å². The number of halogens is 1. The van der Waals surface area contributed by atoms with Crippen LogP contribution in [0.1, 0.15) is 22.3 Å². The Morgan fingerprint density at radius 3 is 2.81 bits per heavy atom. The van der Waals surface area contributed by atoms with Gasteiger partial charge >= 0.3 is 0 Å². The summed E-state index contributed by atoms with van der Waals surface area (Å²) < 4.78 is 18.6. The third kappa shape index (κ3) is 4.53. The highest BCUT2D eigenvalue weighted by Gasteiger charge is 2.27. The van der Waals surface area contributed by atoms with E-state index in [4.69, 9.17) is 9.57 Å². The number of carbonyl (C=O) groups excluding carboxylic acids is 1. The van der Waals surface area contributed by atoms with Crippen LogP contribution in [-0.4, -0.2) is 42.8 Å². The van der Waals surface area contributed by atoms with Crippen LogP contribution in [0.3, 0.4) is 0 Å². The van der Waals surface area contributed by atoms with Crippen molar-refractivity contribution in [2.75, 3.05) is 20.2 Å². The summed E-state index contributed by atoms with van der Waals surface area (Å²) in [6.07, 6.45) is 1.95. The molecule has 0 aromatic heterocycles. The van der Waals surface area contributed by atoms with E-state index in [-0.39, 0.29) is 12.0 Å². The quantitative estimate of drug-likeness (QED) is 0.701. The SMILES string of the molecule is C=CCN(CC1CC(c2ccc(OC)cc2)=NO1)C(=O)c1cccc(F)c1. The molecule has 0 spiro atoms. The molecular formula is C21H21FN2O3. The van der Waals surface area contributed by atoms with Gasteiger partial charge in [0.15, 0.2) is 6.10 Å². The second kappa shape index (κ2) is 8.49. The van der Waals surface area contributed by atoms with E-state index >= 15 is 0 Å². The average Bonchev–Trinajstić information content (AvgIpc) is 3.16. The van der Waals surface area contributed by atoms with Crippen LogP contribution in [0.15, 0.2) is 66.3 Å². The highest BCUT2D eigenvalue weighted by Crippen LogP contribution is 2.20. The molecule has 5 nitrogen and oxygen atoms in total. The van der Waals surface area contributed by atoms with Crippen LogP contribution in [0.5, 0.6) is 5.75 Å². The van der Waals surface area contributed by atoms with Gasteiger partial charge in [0.25, 0.3) is 5.91 Å². The van der Waals surface area contributed by atoms with E-state index in [2.05, 4.69) is 11.7 Å². The highest BCUT2D eigenvalue weighted by molar-refractivity contribution is 6.01. The van der Waals surface area contributed by atoms with Crippen LogP contribution in [0.2, 0.25) is 0 Å². The molecule has 0 saturated carbocycles. The monoisotopic (exact) mass is 368 g/mol. The van der Waals surface area contributed by atoms with E-state index in [1.807, 2.05) is 24.3 Å². The lowest BCUT2D eigenvalue weighted by molar-refractivity contribution is 0.0449. The maximum Gasteiger partial charge on any atom is 0.254 e. The van der Waals surface area contributed by atoms with Crippen LogP contribution in [0, 0.1) is 5.82 Å². The van der Waals surface area contributed by atoms with Gasteiger partial charge in [-0.05, 0) is 48.0 Å². The van der Waals surface area contributed by atoms with Gasteiger partial charge < -0.3 is 14.5 Å². The minimum Gasteiger partial charge on any atom is -0.497 e. The van der Waals surface area contributed by atoms with Gasteiger partial charge in [-0.25, -0.2) is 4.39 Å². The molecule has 0 radical (unpaired) electrons. The number of ether oxygens (including phenoxy) is 1. The second-order valence-electron chi connectivity index (χ2n) is 6.21. The Bertz CT molecular complexity index is 849. The molecule has 0 aliphatic carbocycles. The van der Waals surface area contributed by atoms with Crippen LogP contribution in [-0.2, 0) is 4.84 Å². The summed E-state index contributed by atoms with van der Waals surface area (Å²) in [7, 11) is 1.62. The maximum atomic E-state index is 13.4. The summed E-state index contributed by atoms with van der Waals surface area (Å²) in [6.45, 7) is 4.38. The third-order valence-electron chi connectivity index (χ3n) is 4.29. The minimum atomic E-state index is -0.443. The predicted octanol–water partition coefficient (Wildman–Crippen LogP) is 3.66. The number of hydrogen-bond donors (Lipinski definition) is 0. The second-order valence-corrected chi connectivity index (χ2v) is 6.21. The molecule has 1 amide bonds. The molecule has 0 bridgehead atoms. The van der Waals surface area contributed by atoms with Crippen molar-refractivity contribution >= 4 is 11.6 Å². The number of benzene rings is 2. The lowest BCUT2D eigenvalue weighted by Crippen LogP contribution is -2.37. The van der Waals surface area contributed by atoms with Crippen molar-refractivity contribution in [3.63, 3.8) is 0 Å². The molecular weight excluding hydrogens is 347 g/mol. The molecule has 1 unspecified atom stereocenters. The van der Waals surface area contributed by atoms with Gasteiger partial charge in [0, 0.05) is 18.5 Å². The molecule has 0 fully saturated rings. The van der Waals surface area contributed by atoms with Crippen LogP contribution in [0.4, 0.5) is 4.39 Å². The molecule has 1 atom stereocenters. The Morgan fingerprint density at radius 1 is 1.37 bits per heavy atom. The van der Waals surface area contributed by atoms with Crippen molar-refractivity contribution in [3.8, 4) is 5.75 Å². The maximum absolute atomic E-state index is 13.4. The number of carbonyl (C=O) groups is 1. The first-order valence-corrected chi connectivity index (χ1v) is 8.63. The Kier molecular flexibility index (Phi) is 5.86. The van der Waals surface area contributed by atoms with E-state index in [1.165, 1.54) is 18.2 Å². The number of oxime groups is 1. The van der Waals surface area contributed by atoms with Gasteiger partial charge in [-0.3, -0.25) is 4.79 Å². The zero-order valence-electron chi connectivity index (χ0n) is 15.1.